The third kappa shape index (κ3) is 2.61. The first kappa shape index (κ1) is 14.4. The lowest BCUT2D eigenvalue weighted by Gasteiger charge is -2.45. The normalized spacial score (nSPS) is 26.6. The number of piperazine rings is 1. The highest BCUT2D eigenvalue weighted by Crippen LogP contribution is 2.29. The summed E-state index contributed by atoms with van der Waals surface area (Å²) in [6.45, 7) is 10.3. The maximum absolute atomic E-state index is 4.69. The number of fused-ring (bicyclic) bond motifs is 2. The van der Waals surface area contributed by atoms with E-state index in [1.807, 2.05) is 0 Å². The van der Waals surface area contributed by atoms with Crippen LogP contribution in [0.25, 0.3) is 0 Å². The van der Waals surface area contributed by atoms with Crippen molar-refractivity contribution >= 4 is 5.82 Å². The molecule has 1 aromatic rings. The standard InChI is InChI=1S/C17H27N5/c1-2-20-8-6-16-15(12-20)17(19-13-18-16)22-10-9-21-7-4-3-5-14(21)11-22/h13-14H,2-12H2,1H3/t14-/m0/s1. The van der Waals surface area contributed by atoms with E-state index in [2.05, 4.69) is 26.6 Å². The van der Waals surface area contributed by atoms with Crippen LogP contribution < -0.4 is 4.90 Å². The molecule has 5 nitrogen and oxygen atoms in total. The van der Waals surface area contributed by atoms with Gasteiger partial charge in [0.2, 0.25) is 0 Å². The van der Waals surface area contributed by atoms with Crippen LogP contribution in [0, 0.1) is 0 Å². The van der Waals surface area contributed by atoms with Crippen molar-refractivity contribution < 1.29 is 0 Å². The Kier molecular flexibility index (Phi) is 4.01. The first-order chi connectivity index (χ1) is 10.8. The molecule has 0 amide bonds. The molecular formula is C17H27N5. The van der Waals surface area contributed by atoms with Crippen molar-refractivity contribution in [3.8, 4) is 0 Å². The Bertz CT molecular complexity index is 532. The minimum Gasteiger partial charge on any atom is -0.353 e. The molecule has 0 spiro atoms. The summed E-state index contributed by atoms with van der Waals surface area (Å²) >= 11 is 0. The lowest BCUT2D eigenvalue weighted by molar-refractivity contribution is 0.133. The fourth-order valence-electron chi connectivity index (χ4n) is 4.27. The maximum Gasteiger partial charge on any atom is 0.136 e. The van der Waals surface area contributed by atoms with E-state index in [0.29, 0.717) is 0 Å². The van der Waals surface area contributed by atoms with Crippen LogP contribution in [0.4, 0.5) is 5.82 Å². The molecule has 2 fully saturated rings. The molecule has 120 valence electrons. The van der Waals surface area contributed by atoms with Crippen LogP contribution in [0.2, 0.25) is 0 Å². The average Bonchev–Trinajstić information content (AvgIpc) is 2.60. The lowest BCUT2D eigenvalue weighted by Crippen LogP contribution is -2.55. The van der Waals surface area contributed by atoms with E-state index < -0.39 is 0 Å². The van der Waals surface area contributed by atoms with Gasteiger partial charge in [-0.1, -0.05) is 13.3 Å². The highest BCUT2D eigenvalue weighted by Gasteiger charge is 2.31. The second kappa shape index (κ2) is 6.13. The molecule has 0 aliphatic carbocycles. The fourth-order valence-corrected chi connectivity index (χ4v) is 4.27. The van der Waals surface area contributed by atoms with E-state index in [9.17, 15) is 0 Å². The second-order valence-corrected chi connectivity index (χ2v) is 6.87. The number of hydrogen-bond donors (Lipinski definition) is 0. The molecule has 1 atom stereocenters. The molecule has 4 heterocycles. The van der Waals surface area contributed by atoms with Gasteiger partial charge in [-0.05, 0) is 25.9 Å². The Labute approximate surface area is 133 Å². The first-order valence-corrected chi connectivity index (χ1v) is 8.89. The van der Waals surface area contributed by atoms with Gasteiger partial charge in [0.05, 0.1) is 5.69 Å². The summed E-state index contributed by atoms with van der Waals surface area (Å²) in [6, 6.07) is 0.735. The third-order valence-electron chi connectivity index (χ3n) is 5.64. The van der Waals surface area contributed by atoms with Gasteiger partial charge in [-0.25, -0.2) is 9.97 Å². The molecule has 4 rings (SSSR count). The molecule has 2 saturated heterocycles. The van der Waals surface area contributed by atoms with E-state index in [-0.39, 0.29) is 0 Å². The van der Waals surface area contributed by atoms with Crippen LogP contribution in [0.15, 0.2) is 6.33 Å². The number of likely N-dealkylation sites (N-methyl/N-ethyl adjacent to an activating group) is 1. The van der Waals surface area contributed by atoms with Gasteiger partial charge in [0, 0.05) is 50.7 Å². The van der Waals surface area contributed by atoms with Crippen molar-refractivity contribution in [3.63, 3.8) is 0 Å². The van der Waals surface area contributed by atoms with Crippen molar-refractivity contribution in [1.29, 1.82) is 0 Å². The van der Waals surface area contributed by atoms with Crippen LogP contribution in [-0.4, -0.2) is 65.1 Å². The number of hydrogen-bond acceptors (Lipinski definition) is 5. The molecule has 3 aliphatic heterocycles. The molecule has 0 saturated carbocycles. The van der Waals surface area contributed by atoms with Gasteiger partial charge in [-0.3, -0.25) is 9.80 Å². The fraction of sp³-hybridized carbons (Fsp3) is 0.765. The molecule has 0 N–H and O–H groups in total. The van der Waals surface area contributed by atoms with E-state index in [4.69, 9.17) is 4.98 Å². The van der Waals surface area contributed by atoms with E-state index in [1.54, 1.807) is 6.33 Å². The number of rotatable bonds is 2. The van der Waals surface area contributed by atoms with Crippen molar-refractivity contribution in [2.45, 2.75) is 45.2 Å². The molecule has 0 aromatic carbocycles. The highest BCUT2D eigenvalue weighted by atomic mass is 15.3. The number of anilines is 1. The monoisotopic (exact) mass is 301 g/mol. The SMILES string of the molecule is CCN1CCc2ncnc(N3CCN4CCCC[C@H]4C3)c2C1. The van der Waals surface area contributed by atoms with Gasteiger partial charge in [0.15, 0.2) is 0 Å². The topological polar surface area (TPSA) is 35.5 Å². The molecule has 3 aliphatic rings. The van der Waals surface area contributed by atoms with Crippen LogP contribution in [0.1, 0.15) is 37.4 Å². The zero-order chi connectivity index (χ0) is 14.9. The predicted molar refractivity (Wildman–Crippen MR) is 88.1 cm³/mol. The average molecular weight is 301 g/mol. The van der Waals surface area contributed by atoms with E-state index in [1.165, 1.54) is 49.4 Å². The van der Waals surface area contributed by atoms with Gasteiger partial charge in [0.25, 0.3) is 0 Å². The number of nitrogens with zero attached hydrogens (tertiary/aromatic N) is 5. The molecule has 1 aromatic heterocycles. The Hall–Kier alpha value is -1.20. The summed E-state index contributed by atoms with van der Waals surface area (Å²) in [5.41, 5.74) is 2.67. The second-order valence-electron chi connectivity index (χ2n) is 6.87. The molecule has 0 bridgehead atoms. The molecule has 22 heavy (non-hydrogen) atoms. The zero-order valence-electron chi connectivity index (χ0n) is 13.7. The van der Waals surface area contributed by atoms with Crippen LogP contribution in [-0.2, 0) is 13.0 Å². The summed E-state index contributed by atoms with van der Waals surface area (Å²) < 4.78 is 0. The van der Waals surface area contributed by atoms with Gasteiger partial charge in [-0.15, -0.1) is 0 Å². The maximum atomic E-state index is 4.69. The minimum atomic E-state index is 0.735. The lowest BCUT2D eigenvalue weighted by atomic mass is 9.98. The minimum absolute atomic E-state index is 0.735. The van der Waals surface area contributed by atoms with Crippen LogP contribution in [0.5, 0.6) is 0 Å². The molecule has 5 heteroatoms. The van der Waals surface area contributed by atoms with Gasteiger partial charge in [0.1, 0.15) is 12.1 Å². The zero-order valence-corrected chi connectivity index (χ0v) is 13.7. The van der Waals surface area contributed by atoms with E-state index >= 15 is 0 Å². The summed E-state index contributed by atoms with van der Waals surface area (Å²) in [5, 5.41) is 0. The van der Waals surface area contributed by atoms with Crippen LogP contribution >= 0.6 is 0 Å². The Balaban J connectivity index is 1.58. The molecule has 0 unspecified atom stereocenters. The van der Waals surface area contributed by atoms with Crippen molar-refractivity contribution in [2.24, 2.45) is 0 Å². The number of piperidine rings is 1. The highest BCUT2D eigenvalue weighted by molar-refractivity contribution is 5.50. The quantitative estimate of drug-likeness (QED) is 0.828. The number of aromatic nitrogens is 2. The van der Waals surface area contributed by atoms with Crippen LogP contribution in [0.3, 0.4) is 0 Å². The van der Waals surface area contributed by atoms with Crippen molar-refractivity contribution in [3.05, 3.63) is 17.6 Å². The molecule has 0 radical (unpaired) electrons. The summed E-state index contributed by atoms with van der Waals surface area (Å²) in [5.74, 6) is 1.22. The van der Waals surface area contributed by atoms with Crippen molar-refractivity contribution in [1.82, 2.24) is 19.8 Å². The third-order valence-corrected chi connectivity index (χ3v) is 5.64. The van der Waals surface area contributed by atoms with E-state index in [0.717, 1.165) is 45.2 Å². The van der Waals surface area contributed by atoms with Gasteiger partial charge < -0.3 is 4.90 Å². The molecular weight excluding hydrogens is 274 g/mol. The smallest absolute Gasteiger partial charge is 0.136 e. The Morgan fingerprint density at radius 1 is 1.14 bits per heavy atom. The summed E-state index contributed by atoms with van der Waals surface area (Å²) in [7, 11) is 0. The van der Waals surface area contributed by atoms with Gasteiger partial charge in [-0.2, -0.15) is 0 Å². The van der Waals surface area contributed by atoms with Gasteiger partial charge >= 0.3 is 0 Å². The first-order valence-electron chi connectivity index (χ1n) is 8.89. The predicted octanol–water partition coefficient (Wildman–Crippen LogP) is 1.53. The Morgan fingerprint density at radius 2 is 2.09 bits per heavy atom. The van der Waals surface area contributed by atoms with Crippen molar-refractivity contribution in [2.75, 3.05) is 44.2 Å². The summed E-state index contributed by atoms with van der Waals surface area (Å²) in [4.78, 5) is 17.0. The Morgan fingerprint density at radius 3 is 3.00 bits per heavy atom. The largest absolute Gasteiger partial charge is 0.353 e. The summed E-state index contributed by atoms with van der Waals surface area (Å²) in [6.07, 6.45) is 6.97.